The second-order valence-electron chi connectivity index (χ2n) is 7.37. The Hall–Kier alpha value is -2.87. The highest BCUT2D eigenvalue weighted by Crippen LogP contribution is 2.17. The van der Waals surface area contributed by atoms with Gasteiger partial charge in [0.2, 0.25) is 0 Å². The molecule has 0 atom stereocenters. The Balaban J connectivity index is 2.00. The number of hydrogen-bond donors (Lipinski definition) is 2. The number of benzene rings is 2. The summed E-state index contributed by atoms with van der Waals surface area (Å²) in [5.41, 5.74) is 1.18. The first-order valence-electron chi connectivity index (χ1n) is 8.64. The van der Waals surface area contributed by atoms with E-state index in [1.54, 1.807) is 24.3 Å². The summed E-state index contributed by atoms with van der Waals surface area (Å²) in [4.78, 5) is 23.7. The predicted octanol–water partition coefficient (Wildman–Crippen LogP) is 2.87. The fourth-order valence-electron chi connectivity index (χ4n) is 2.27. The molecule has 0 aliphatic carbocycles. The smallest absolute Gasteiger partial charge is 0.338 e. The van der Waals surface area contributed by atoms with Crippen molar-refractivity contribution < 1.29 is 22.7 Å². The van der Waals surface area contributed by atoms with E-state index in [1.807, 2.05) is 27.7 Å². The van der Waals surface area contributed by atoms with E-state index in [4.69, 9.17) is 4.74 Å². The molecule has 0 fully saturated rings. The van der Waals surface area contributed by atoms with Crippen LogP contribution in [-0.4, -0.2) is 32.4 Å². The van der Waals surface area contributed by atoms with Crippen LogP contribution in [0, 0.1) is 6.92 Å². The van der Waals surface area contributed by atoms with Gasteiger partial charge in [-0.3, -0.25) is 9.52 Å². The molecule has 0 aromatic heterocycles. The maximum atomic E-state index is 12.4. The maximum Gasteiger partial charge on any atom is 0.338 e. The fourth-order valence-corrected chi connectivity index (χ4v) is 3.33. The number of nitrogens with one attached hydrogen (secondary N) is 2. The van der Waals surface area contributed by atoms with Crippen LogP contribution in [0.4, 0.5) is 5.69 Å². The lowest BCUT2D eigenvalue weighted by atomic mass is 10.1. The van der Waals surface area contributed by atoms with E-state index in [0.717, 1.165) is 5.56 Å². The van der Waals surface area contributed by atoms with Gasteiger partial charge in [0.05, 0.1) is 10.5 Å². The molecule has 0 unspecified atom stereocenters. The lowest BCUT2D eigenvalue weighted by Gasteiger charge is -2.20. The lowest BCUT2D eigenvalue weighted by molar-refractivity contribution is -0.125. The Morgan fingerprint density at radius 2 is 1.54 bits per heavy atom. The van der Waals surface area contributed by atoms with Crippen LogP contribution in [0.5, 0.6) is 0 Å². The van der Waals surface area contributed by atoms with Crippen LogP contribution >= 0.6 is 0 Å². The fraction of sp³-hybridized carbons (Fsp3) is 0.300. The van der Waals surface area contributed by atoms with Gasteiger partial charge in [-0.1, -0.05) is 17.7 Å². The molecule has 2 aromatic carbocycles. The van der Waals surface area contributed by atoms with Gasteiger partial charge in [-0.25, -0.2) is 13.2 Å². The van der Waals surface area contributed by atoms with Gasteiger partial charge < -0.3 is 10.1 Å². The normalized spacial score (nSPS) is 11.6. The van der Waals surface area contributed by atoms with Gasteiger partial charge in [0.1, 0.15) is 0 Å². The van der Waals surface area contributed by atoms with Crippen molar-refractivity contribution >= 4 is 27.6 Å². The van der Waals surface area contributed by atoms with Crippen LogP contribution in [0.2, 0.25) is 0 Å². The number of ether oxygens (including phenoxy) is 1. The highest BCUT2D eigenvalue weighted by Gasteiger charge is 2.18. The number of esters is 1. The SMILES string of the molecule is Cc1ccc(NS(=O)(=O)c2ccc(C(=O)OCC(=O)NC(C)(C)C)cc2)cc1. The van der Waals surface area contributed by atoms with Crippen molar-refractivity contribution in [1.82, 2.24) is 5.32 Å². The summed E-state index contributed by atoms with van der Waals surface area (Å²) in [5, 5.41) is 2.68. The van der Waals surface area contributed by atoms with Gasteiger partial charge in [-0.2, -0.15) is 0 Å². The number of amides is 1. The average molecular weight is 404 g/mol. The Kier molecular flexibility index (Phi) is 6.45. The van der Waals surface area contributed by atoms with Gasteiger partial charge in [-0.15, -0.1) is 0 Å². The molecule has 0 saturated carbocycles. The zero-order valence-corrected chi connectivity index (χ0v) is 17.1. The second-order valence-corrected chi connectivity index (χ2v) is 9.05. The summed E-state index contributed by atoms with van der Waals surface area (Å²) in [6.07, 6.45) is 0. The number of carbonyl (C=O) groups is 2. The molecule has 1 amide bonds. The van der Waals surface area contributed by atoms with Gasteiger partial charge >= 0.3 is 5.97 Å². The summed E-state index contributed by atoms with van der Waals surface area (Å²) in [6, 6.07) is 12.2. The van der Waals surface area contributed by atoms with Crippen LogP contribution in [-0.2, 0) is 19.6 Å². The Morgan fingerprint density at radius 3 is 2.07 bits per heavy atom. The molecule has 0 aliphatic rings. The summed E-state index contributed by atoms with van der Waals surface area (Å²) in [5.74, 6) is -1.12. The summed E-state index contributed by atoms with van der Waals surface area (Å²) in [6.45, 7) is 6.94. The Bertz CT molecular complexity index is 944. The summed E-state index contributed by atoms with van der Waals surface area (Å²) >= 11 is 0. The van der Waals surface area contributed by atoms with E-state index in [0.29, 0.717) is 5.69 Å². The van der Waals surface area contributed by atoms with Crippen molar-refractivity contribution in [1.29, 1.82) is 0 Å². The van der Waals surface area contributed by atoms with E-state index >= 15 is 0 Å². The molecule has 0 spiro atoms. The van der Waals surface area contributed by atoms with Crippen LogP contribution in [0.3, 0.4) is 0 Å². The van der Waals surface area contributed by atoms with E-state index in [9.17, 15) is 18.0 Å². The number of hydrogen-bond acceptors (Lipinski definition) is 5. The third kappa shape index (κ3) is 6.38. The minimum Gasteiger partial charge on any atom is -0.452 e. The van der Waals surface area contributed by atoms with Crippen molar-refractivity contribution in [2.45, 2.75) is 38.1 Å². The van der Waals surface area contributed by atoms with Crippen molar-refractivity contribution in [3.05, 3.63) is 59.7 Å². The number of carbonyl (C=O) groups excluding carboxylic acids is 2. The Morgan fingerprint density at radius 1 is 0.964 bits per heavy atom. The van der Waals surface area contributed by atoms with Gasteiger partial charge in [-0.05, 0) is 64.1 Å². The molecular formula is C20H24N2O5S. The molecule has 28 heavy (non-hydrogen) atoms. The number of rotatable bonds is 6. The van der Waals surface area contributed by atoms with Crippen molar-refractivity contribution in [3.8, 4) is 0 Å². The molecule has 0 radical (unpaired) electrons. The standard InChI is InChI=1S/C20H24N2O5S/c1-14-5-9-16(10-6-14)22-28(25,26)17-11-7-15(8-12-17)19(24)27-13-18(23)21-20(2,3)4/h5-12,22H,13H2,1-4H3,(H,21,23). The quantitative estimate of drug-likeness (QED) is 0.721. The minimum atomic E-state index is -3.78. The molecule has 2 aromatic rings. The number of anilines is 1. The first-order valence-corrected chi connectivity index (χ1v) is 10.1. The van der Waals surface area contributed by atoms with E-state index in [2.05, 4.69) is 10.0 Å². The van der Waals surface area contributed by atoms with Gasteiger partial charge in [0.25, 0.3) is 15.9 Å². The van der Waals surface area contributed by atoms with E-state index in [-0.39, 0.29) is 10.5 Å². The van der Waals surface area contributed by atoms with Crippen molar-refractivity contribution in [2.24, 2.45) is 0 Å². The first kappa shape index (κ1) is 21.4. The average Bonchev–Trinajstić information content (AvgIpc) is 2.60. The highest BCUT2D eigenvalue weighted by molar-refractivity contribution is 7.92. The number of sulfonamides is 1. The number of aryl methyl sites for hydroxylation is 1. The van der Waals surface area contributed by atoms with Crippen LogP contribution < -0.4 is 10.0 Å². The zero-order valence-electron chi connectivity index (χ0n) is 16.3. The van der Waals surface area contributed by atoms with Crippen LogP contribution in [0.1, 0.15) is 36.7 Å². The molecule has 0 bridgehead atoms. The molecular weight excluding hydrogens is 380 g/mol. The maximum absolute atomic E-state index is 12.4. The minimum absolute atomic E-state index is 0.00935. The molecule has 2 rings (SSSR count). The molecule has 2 N–H and O–H groups in total. The molecule has 150 valence electrons. The summed E-state index contributed by atoms with van der Waals surface area (Å²) in [7, 11) is -3.78. The summed E-state index contributed by atoms with van der Waals surface area (Å²) < 4.78 is 32.3. The predicted molar refractivity (Wildman–Crippen MR) is 107 cm³/mol. The second kappa shape index (κ2) is 8.43. The topological polar surface area (TPSA) is 102 Å². The lowest BCUT2D eigenvalue weighted by Crippen LogP contribution is -2.42. The van der Waals surface area contributed by atoms with Crippen molar-refractivity contribution in [3.63, 3.8) is 0 Å². The molecule has 0 aliphatic heterocycles. The van der Waals surface area contributed by atoms with Crippen molar-refractivity contribution in [2.75, 3.05) is 11.3 Å². The van der Waals surface area contributed by atoms with Crippen LogP contribution in [0.15, 0.2) is 53.4 Å². The first-order chi connectivity index (χ1) is 13.0. The molecule has 8 heteroatoms. The third-order valence-electron chi connectivity index (χ3n) is 3.55. The van der Waals surface area contributed by atoms with Gasteiger partial charge in [0.15, 0.2) is 6.61 Å². The monoisotopic (exact) mass is 404 g/mol. The third-order valence-corrected chi connectivity index (χ3v) is 4.95. The zero-order chi connectivity index (χ0) is 20.9. The van der Waals surface area contributed by atoms with Crippen LogP contribution in [0.25, 0.3) is 0 Å². The highest BCUT2D eigenvalue weighted by atomic mass is 32.2. The largest absolute Gasteiger partial charge is 0.452 e. The molecule has 0 saturated heterocycles. The van der Waals surface area contributed by atoms with E-state index < -0.39 is 34.0 Å². The molecule has 0 heterocycles. The molecule has 7 nitrogen and oxygen atoms in total. The van der Waals surface area contributed by atoms with E-state index in [1.165, 1.54) is 24.3 Å². The Labute approximate surface area is 165 Å². The van der Waals surface area contributed by atoms with Gasteiger partial charge in [0, 0.05) is 11.2 Å².